The number of benzene rings is 2. The summed E-state index contributed by atoms with van der Waals surface area (Å²) in [4.78, 5) is 35.2. The van der Waals surface area contributed by atoms with E-state index in [2.05, 4.69) is 25.6 Å². The van der Waals surface area contributed by atoms with Crippen LogP contribution in [0.25, 0.3) is 22.3 Å². The zero-order valence-corrected chi connectivity index (χ0v) is 19.4. The summed E-state index contributed by atoms with van der Waals surface area (Å²) in [7, 11) is 0. The summed E-state index contributed by atoms with van der Waals surface area (Å²) in [5.41, 5.74) is 0.401. The van der Waals surface area contributed by atoms with Crippen LogP contribution in [-0.4, -0.2) is 44.0 Å². The molecule has 0 saturated heterocycles. The Hall–Kier alpha value is -4.41. The van der Waals surface area contributed by atoms with E-state index in [9.17, 15) is 27.9 Å². The van der Waals surface area contributed by atoms with E-state index < -0.39 is 29.3 Å². The van der Waals surface area contributed by atoms with Crippen molar-refractivity contribution < 1.29 is 27.9 Å². The maximum absolute atomic E-state index is 14.6. The number of carboxylic acids is 1. The zero-order chi connectivity index (χ0) is 26.1. The Balaban J connectivity index is 1.32. The first-order chi connectivity index (χ1) is 17.8. The highest BCUT2D eigenvalue weighted by molar-refractivity contribution is 6.04. The van der Waals surface area contributed by atoms with Gasteiger partial charge in [0.25, 0.3) is 5.91 Å². The number of fused-ring (bicyclic) bond motifs is 1. The number of rotatable bonds is 6. The Kier molecular flexibility index (Phi) is 6.51. The average molecular weight is 509 g/mol. The summed E-state index contributed by atoms with van der Waals surface area (Å²) in [6, 6.07) is 7.40. The molecule has 2 aromatic heterocycles. The quantitative estimate of drug-likeness (QED) is 0.294. The summed E-state index contributed by atoms with van der Waals surface area (Å²) in [6.07, 6.45) is 5.01. The predicted octanol–water partition coefficient (Wildman–Crippen LogP) is 4.89. The first-order valence-corrected chi connectivity index (χ1v) is 11.7. The third kappa shape index (κ3) is 4.97. The Morgan fingerprint density at radius 2 is 1.78 bits per heavy atom. The van der Waals surface area contributed by atoms with E-state index in [1.165, 1.54) is 18.3 Å². The van der Waals surface area contributed by atoms with Crippen LogP contribution in [-0.2, 0) is 0 Å². The molecule has 11 heteroatoms. The summed E-state index contributed by atoms with van der Waals surface area (Å²) in [6.45, 7) is 0. The van der Waals surface area contributed by atoms with Gasteiger partial charge in [-0.05, 0) is 43.9 Å². The van der Waals surface area contributed by atoms with E-state index >= 15 is 0 Å². The molecule has 1 fully saturated rings. The number of halogens is 3. The molecule has 0 aliphatic heterocycles. The molecule has 0 radical (unpaired) electrons. The van der Waals surface area contributed by atoms with Crippen LogP contribution in [0.1, 0.15) is 46.4 Å². The minimum Gasteiger partial charge on any atom is -0.478 e. The van der Waals surface area contributed by atoms with Gasteiger partial charge in [-0.1, -0.05) is 12.1 Å². The van der Waals surface area contributed by atoms with E-state index in [1.807, 2.05) is 0 Å². The molecule has 8 nitrogen and oxygen atoms in total. The van der Waals surface area contributed by atoms with Crippen LogP contribution in [0.5, 0.6) is 0 Å². The van der Waals surface area contributed by atoms with Gasteiger partial charge in [-0.15, -0.1) is 0 Å². The number of carboxylic acid groups (broad SMARTS) is 1. The number of aromatic amines is 1. The Labute approximate surface area is 209 Å². The first-order valence-electron chi connectivity index (χ1n) is 11.7. The lowest BCUT2D eigenvalue weighted by Crippen LogP contribution is -2.42. The summed E-state index contributed by atoms with van der Waals surface area (Å²) < 4.78 is 42.5. The maximum atomic E-state index is 14.6. The monoisotopic (exact) mass is 509 g/mol. The molecular formula is C26H22F3N5O3. The highest BCUT2D eigenvalue weighted by Crippen LogP contribution is 2.30. The molecule has 4 aromatic rings. The number of nitrogens with one attached hydrogen (secondary N) is 3. The smallest absolute Gasteiger partial charge is 0.336 e. The van der Waals surface area contributed by atoms with Crippen molar-refractivity contribution in [1.29, 1.82) is 0 Å². The van der Waals surface area contributed by atoms with Crippen molar-refractivity contribution in [2.24, 2.45) is 0 Å². The molecule has 0 spiro atoms. The summed E-state index contributed by atoms with van der Waals surface area (Å²) in [5.74, 6) is -3.86. The van der Waals surface area contributed by atoms with E-state index in [4.69, 9.17) is 0 Å². The fourth-order valence-corrected chi connectivity index (χ4v) is 4.71. The van der Waals surface area contributed by atoms with Gasteiger partial charge in [-0.2, -0.15) is 0 Å². The van der Waals surface area contributed by atoms with Gasteiger partial charge in [0.15, 0.2) is 17.5 Å². The number of hydrogen-bond acceptors (Lipinski definition) is 5. The van der Waals surface area contributed by atoms with Crippen LogP contribution in [0.3, 0.4) is 0 Å². The molecule has 37 heavy (non-hydrogen) atoms. The van der Waals surface area contributed by atoms with E-state index in [-0.39, 0.29) is 45.8 Å². The third-order valence-electron chi connectivity index (χ3n) is 6.44. The number of carbonyl (C=O) groups is 2. The third-order valence-corrected chi connectivity index (χ3v) is 6.44. The second kappa shape index (κ2) is 9.92. The van der Waals surface area contributed by atoms with Gasteiger partial charge in [-0.25, -0.2) is 27.9 Å². The van der Waals surface area contributed by atoms with Crippen molar-refractivity contribution in [3.63, 3.8) is 0 Å². The zero-order valence-electron chi connectivity index (χ0n) is 19.4. The minimum absolute atomic E-state index is 0.0653. The van der Waals surface area contributed by atoms with Gasteiger partial charge < -0.3 is 20.7 Å². The van der Waals surface area contributed by atoms with Gasteiger partial charge in [0.05, 0.1) is 22.8 Å². The predicted molar refractivity (Wildman–Crippen MR) is 130 cm³/mol. The molecule has 1 aliphatic carbocycles. The number of anilines is 1. The van der Waals surface area contributed by atoms with Crippen LogP contribution < -0.4 is 10.6 Å². The first kappa shape index (κ1) is 24.3. The molecule has 2 aromatic carbocycles. The van der Waals surface area contributed by atoms with Crippen LogP contribution in [0.2, 0.25) is 0 Å². The van der Waals surface area contributed by atoms with Gasteiger partial charge in [-0.3, -0.25) is 4.79 Å². The number of H-pyrrole nitrogens is 1. The van der Waals surface area contributed by atoms with Gasteiger partial charge in [0.2, 0.25) is 0 Å². The van der Waals surface area contributed by atoms with Crippen molar-refractivity contribution >= 4 is 28.6 Å². The second-order valence-electron chi connectivity index (χ2n) is 8.93. The minimum atomic E-state index is -1.19. The van der Waals surface area contributed by atoms with Gasteiger partial charge in [0.1, 0.15) is 11.6 Å². The molecule has 4 N–H and O–H groups in total. The van der Waals surface area contributed by atoms with Crippen molar-refractivity contribution in [3.05, 3.63) is 77.4 Å². The van der Waals surface area contributed by atoms with Crippen LogP contribution in [0, 0.1) is 17.5 Å². The Morgan fingerprint density at radius 3 is 2.57 bits per heavy atom. The van der Waals surface area contributed by atoms with Crippen molar-refractivity contribution in [2.75, 3.05) is 5.32 Å². The number of aromatic nitrogens is 3. The van der Waals surface area contributed by atoms with Gasteiger partial charge in [0, 0.05) is 35.3 Å². The lowest BCUT2D eigenvalue weighted by atomic mass is 9.90. The molecule has 1 saturated carbocycles. The van der Waals surface area contributed by atoms with Crippen molar-refractivity contribution in [3.8, 4) is 11.4 Å². The summed E-state index contributed by atoms with van der Waals surface area (Å²) in [5, 5.41) is 15.5. The molecular weight excluding hydrogens is 487 g/mol. The lowest BCUT2D eigenvalue weighted by molar-refractivity contribution is 0.0690. The van der Waals surface area contributed by atoms with Crippen molar-refractivity contribution in [1.82, 2.24) is 20.3 Å². The number of aromatic carboxylic acids is 1. The standard InChI is InChI=1S/C26H22F3N5O3/c27-13-8-18-19(11-30-22(18)20(28)9-13)23-31-12-21(29)24(34-23)32-14-4-3-5-15(10-14)33-25(35)16-6-1-2-7-17(16)26(36)37/h1-2,6-9,11-12,14-15,30H,3-5,10H2,(H,33,35)(H,36,37)(H,31,32,34)/t14-,15?/m0/s1. The SMILES string of the molecule is O=C(O)c1ccccc1C(=O)NC1CCC[C@H](Nc2nc(-c3c[nH]c4c(F)cc(F)cc34)ncc2F)C1. The number of carbonyl (C=O) groups excluding carboxylic acids is 1. The molecule has 190 valence electrons. The fourth-order valence-electron chi connectivity index (χ4n) is 4.71. The fraction of sp³-hybridized carbons (Fsp3) is 0.231. The largest absolute Gasteiger partial charge is 0.478 e. The van der Waals surface area contributed by atoms with E-state index in [0.29, 0.717) is 24.8 Å². The lowest BCUT2D eigenvalue weighted by Gasteiger charge is -2.31. The Morgan fingerprint density at radius 1 is 1.03 bits per heavy atom. The second-order valence-corrected chi connectivity index (χ2v) is 8.93. The molecule has 1 amide bonds. The van der Waals surface area contributed by atoms with Crippen LogP contribution in [0.4, 0.5) is 19.0 Å². The molecule has 2 heterocycles. The van der Waals surface area contributed by atoms with Crippen molar-refractivity contribution in [2.45, 2.75) is 37.8 Å². The molecule has 1 aliphatic rings. The number of amides is 1. The van der Waals surface area contributed by atoms with E-state index in [0.717, 1.165) is 24.8 Å². The Bertz CT molecular complexity index is 1510. The topological polar surface area (TPSA) is 120 Å². The number of hydrogen-bond donors (Lipinski definition) is 4. The maximum Gasteiger partial charge on any atom is 0.336 e. The summed E-state index contributed by atoms with van der Waals surface area (Å²) >= 11 is 0. The molecule has 2 atom stereocenters. The highest BCUT2D eigenvalue weighted by atomic mass is 19.1. The van der Waals surface area contributed by atoms with Gasteiger partial charge >= 0.3 is 5.97 Å². The molecule has 1 unspecified atom stereocenters. The van der Waals surface area contributed by atoms with Crippen LogP contribution in [0.15, 0.2) is 48.8 Å². The average Bonchev–Trinajstić information content (AvgIpc) is 3.30. The molecule has 0 bridgehead atoms. The highest BCUT2D eigenvalue weighted by Gasteiger charge is 2.26. The van der Waals surface area contributed by atoms with Crippen LogP contribution >= 0.6 is 0 Å². The normalized spacial score (nSPS) is 17.5. The molecule has 5 rings (SSSR count). The number of nitrogens with zero attached hydrogens (tertiary/aromatic N) is 2. The van der Waals surface area contributed by atoms with E-state index in [1.54, 1.807) is 12.1 Å².